The van der Waals surface area contributed by atoms with Crippen LogP contribution in [0.4, 0.5) is 5.69 Å². The zero-order chi connectivity index (χ0) is 15.6. The van der Waals surface area contributed by atoms with Crippen LogP contribution in [0.2, 0.25) is 0 Å². The van der Waals surface area contributed by atoms with E-state index in [0.29, 0.717) is 0 Å². The molecule has 0 radical (unpaired) electrons. The molecule has 1 aliphatic rings. The van der Waals surface area contributed by atoms with Crippen molar-refractivity contribution in [1.29, 1.82) is 0 Å². The molecule has 4 heteroatoms. The van der Waals surface area contributed by atoms with Gasteiger partial charge in [-0.1, -0.05) is 25.0 Å². The molecule has 0 saturated heterocycles. The number of anilines is 1. The summed E-state index contributed by atoms with van der Waals surface area (Å²) in [4.78, 5) is 20.1. The molecule has 4 rings (SSSR count). The van der Waals surface area contributed by atoms with Gasteiger partial charge in [0.1, 0.15) is 5.82 Å². The highest BCUT2D eigenvalue weighted by Crippen LogP contribution is 2.27. The topological polar surface area (TPSA) is 57.8 Å². The third-order valence-electron chi connectivity index (χ3n) is 4.54. The summed E-state index contributed by atoms with van der Waals surface area (Å²) in [5, 5.41) is 3.02. The first-order chi connectivity index (χ1) is 11.3. The minimum absolute atomic E-state index is 0.152. The second-order valence-electron chi connectivity index (χ2n) is 6.15. The van der Waals surface area contributed by atoms with Gasteiger partial charge in [-0.15, -0.1) is 0 Å². The molecule has 0 spiro atoms. The Balaban J connectivity index is 1.52. The maximum atomic E-state index is 12.2. The highest BCUT2D eigenvalue weighted by molar-refractivity contribution is 5.93. The minimum Gasteiger partial charge on any atom is -0.338 e. The van der Waals surface area contributed by atoms with Crippen molar-refractivity contribution < 1.29 is 4.79 Å². The SMILES string of the molecule is O=C(Nc1ccc(-c2nc3ccccc3[nH]2)cc1)C1CCCC1. The lowest BCUT2D eigenvalue weighted by Gasteiger charge is -2.10. The van der Waals surface area contributed by atoms with E-state index in [1.165, 1.54) is 12.8 Å². The van der Waals surface area contributed by atoms with E-state index in [-0.39, 0.29) is 11.8 Å². The number of imidazole rings is 1. The number of para-hydroxylation sites is 2. The zero-order valence-corrected chi connectivity index (χ0v) is 12.9. The van der Waals surface area contributed by atoms with E-state index >= 15 is 0 Å². The van der Waals surface area contributed by atoms with Crippen LogP contribution >= 0.6 is 0 Å². The molecule has 116 valence electrons. The van der Waals surface area contributed by atoms with Crippen LogP contribution in [0.1, 0.15) is 25.7 Å². The molecule has 4 nitrogen and oxygen atoms in total. The van der Waals surface area contributed by atoms with Gasteiger partial charge in [0, 0.05) is 17.2 Å². The van der Waals surface area contributed by atoms with Crippen molar-refractivity contribution in [2.45, 2.75) is 25.7 Å². The predicted molar refractivity (Wildman–Crippen MR) is 92.1 cm³/mol. The Hall–Kier alpha value is -2.62. The molecule has 3 aromatic rings. The number of hydrogen-bond acceptors (Lipinski definition) is 2. The van der Waals surface area contributed by atoms with E-state index in [1.807, 2.05) is 48.5 Å². The summed E-state index contributed by atoms with van der Waals surface area (Å²) in [6.45, 7) is 0. The minimum atomic E-state index is 0.152. The smallest absolute Gasteiger partial charge is 0.227 e. The summed E-state index contributed by atoms with van der Waals surface area (Å²) < 4.78 is 0. The highest BCUT2D eigenvalue weighted by atomic mass is 16.1. The van der Waals surface area contributed by atoms with Crippen LogP contribution < -0.4 is 5.32 Å². The maximum Gasteiger partial charge on any atom is 0.227 e. The third-order valence-corrected chi connectivity index (χ3v) is 4.54. The molecule has 0 unspecified atom stereocenters. The average molecular weight is 305 g/mol. The molecule has 1 heterocycles. The fraction of sp³-hybridized carbons (Fsp3) is 0.263. The van der Waals surface area contributed by atoms with Crippen molar-refractivity contribution >= 4 is 22.6 Å². The largest absolute Gasteiger partial charge is 0.338 e. The van der Waals surface area contributed by atoms with Gasteiger partial charge >= 0.3 is 0 Å². The summed E-state index contributed by atoms with van der Waals surface area (Å²) in [5.74, 6) is 1.18. The number of nitrogens with one attached hydrogen (secondary N) is 2. The average Bonchev–Trinajstić information content (AvgIpc) is 3.25. The molecule has 1 amide bonds. The van der Waals surface area contributed by atoms with Gasteiger partial charge in [-0.25, -0.2) is 4.98 Å². The van der Waals surface area contributed by atoms with Gasteiger partial charge in [0.15, 0.2) is 0 Å². The molecule has 0 atom stereocenters. The fourth-order valence-corrected chi connectivity index (χ4v) is 3.23. The summed E-state index contributed by atoms with van der Waals surface area (Å²) in [5.41, 5.74) is 3.85. The van der Waals surface area contributed by atoms with Crippen LogP contribution in [-0.2, 0) is 4.79 Å². The number of fused-ring (bicyclic) bond motifs is 1. The molecule has 1 fully saturated rings. The fourth-order valence-electron chi connectivity index (χ4n) is 3.23. The predicted octanol–water partition coefficient (Wildman–Crippen LogP) is 4.36. The van der Waals surface area contributed by atoms with Crippen LogP contribution in [0.5, 0.6) is 0 Å². The Bertz CT molecular complexity index is 796. The molecule has 2 N–H and O–H groups in total. The number of H-pyrrole nitrogens is 1. The van der Waals surface area contributed by atoms with Crippen LogP contribution in [0.25, 0.3) is 22.4 Å². The number of aromatic amines is 1. The van der Waals surface area contributed by atoms with E-state index in [0.717, 1.165) is 41.0 Å². The summed E-state index contributed by atoms with van der Waals surface area (Å²) in [6.07, 6.45) is 4.37. The first kappa shape index (κ1) is 14.0. The van der Waals surface area contributed by atoms with Gasteiger partial charge in [-0.3, -0.25) is 4.79 Å². The van der Waals surface area contributed by atoms with E-state index in [1.54, 1.807) is 0 Å². The van der Waals surface area contributed by atoms with Gasteiger partial charge in [0.05, 0.1) is 11.0 Å². The molecule has 2 aromatic carbocycles. The van der Waals surface area contributed by atoms with Crippen molar-refractivity contribution in [3.8, 4) is 11.4 Å². The van der Waals surface area contributed by atoms with Crippen LogP contribution in [0, 0.1) is 5.92 Å². The van der Waals surface area contributed by atoms with Crippen molar-refractivity contribution in [2.75, 3.05) is 5.32 Å². The Morgan fingerprint density at radius 3 is 2.52 bits per heavy atom. The summed E-state index contributed by atoms with van der Waals surface area (Å²) in [6, 6.07) is 15.8. The number of amides is 1. The first-order valence-electron chi connectivity index (χ1n) is 8.16. The van der Waals surface area contributed by atoms with Crippen molar-refractivity contribution in [3.05, 3.63) is 48.5 Å². The number of carbonyl (C=O) groups excluding carboxylic acids is 1. The van der Waals surface area contributed by atoms with Crippen LogP contribution in [0.15, 0.2) is 48.5 Å². The lowest BCUT2D eigenvalue weighted by molar-refractivity contribution is -0.119. The second-order valence-corrected chi connectivity index (χ2v) is 6.15. The molecule has 1 saturated carbocycles. The number of benzene rings is 2. The lowest BCUT2D eigenvalue weighted by atomic mass is 10.1. The van der Waals surface area contributed by atoms with Crippen LogP contribution in [-0.4, -0.2) is 15.9 Å². The normalized spacial score (nSPS) is 15.1. The Kier molecular flexibility index (Phi) is 3.58. The maximum absolute atomic E-state index is 12.2. The van der Waals surface area contributed by atoms with E-state index in [2.05, 4.69) is 15.3 Å². The number of nitrogens with zero attached hydrogens (tertiary/aromatic N) is 1. The molecule has 0 bridgehead atoms. The van der Waals surface area contributed by atoms with Crippen LogP contribution in [0.3, 0.4) is 0 Å². The number of carbonyl (C=O) groups is 1. The Morgan fingerprint density at radius 1 is 1.04 bits per heavy atom. The van der Waals surface area contributed by atoms with Gasteiger partial charge in [0.25, 0.3) is 0 Å². The number of hydrogen-bond donors (Lipinski definition) is 2. The number of rotatable bonds is 3. The molecule has 1 aliphatic carbocycles. The van der Waals surface area contributed by atoms with E-state index in [9.17, 15) is 4.79 Å². The molecule has 1 aromatic heterocycles. The van der Waals surface area contributed by atoms with Gasteiger partial charge < -0.3 is 10.3 Å². The van der Waals surface area contributed by atoms with Crippen molar-refractivity contribution in [3.63, 3.8) is 0 Å². The number of aromatic nitrogens is 2. The van der Waals surface area contributed by atoms with Gasteiger partial charge in [0.2, 0.25) is 5.91 Å². The standard InChI is InChI=1S/C19H19N3O/c23-19(14-5-1-2-6-14)20-15-11-9-13(10-12-15)18-21-16-7-3-4-8-17(16)22-18/h3-4,7-12,14H,1-2,5-6H2,(H,20,23)(H,21,22). The van der Waals surface area contributed by atoms with Crippen molar-refractivity contribution in [1.82, 2.24) is 9.97 Å². The summed E-state index contributed by atoms with van der Waals surface area (Å²) in [7, 11) is 0. The van der Waals surface area contributed by atoms with Gasteiger partial charge in [-0.2, -0.15) is 0 Å². The molecular weight excluding hydrogens is 286 g/mol. The molecule has 23 heavy (non-hydrogen) atoms. The molecular formula is C19H19N3O. The van der Waals surface area contributed by atoms with Crippen molar-refractivity contribution in [2.24, 2.45) is 5.92 Å². The third kappa shape index (κ3) is 2.84. The lowest BCUT2D eigenvalue weighted by Crippen LogP contribution is -2.20. The second kappa shape index (κ2) is 5.88. The highest BCUT2D eigenvalue weighted by Gasteiger charge is 2.22. The van der Waals surface area contributed by atoms with Gasteiger partial charge in [-0.05, 0) is 49.2 Å². The first-order valence-corrected chi connectivity index (χ1v) is 8.16. The monoisotopic (exact) mass is 305 g/mol. The quantitative estimate of drug-likeness (QED) is 0.755. The Labute approximate surface area is 134 Å². The zero-order valence-electron chi connectivity index (χ0n) is 12.9. The Morgan fingerprint density at radius 2 is 1.78 bits per heavy atom. The molecule has 0 aliphatic heterocycles. The summed E-state index contributed by atoms with van der Waals surface area (Å²) >= 11 is 0. The van der Waals surface area contributed by atoms with E-state index in [4.69, 9.17) is 0 Å². The van der Waals surface area contributed by atoms with E-state index < -0.39 is 0 Å².